The van der Waals surface area contributed by atoms with Crippen molar-refractivity contribution in [1.82, 2.24) is 4.98 Å². The standard InChI is InChI=1S/C14H14F2N2S/c1-19-14(3-4-14)8-18-12-2-5-17-13-10(12)6-9(15)7-11(13)16/h2,5-7H,3-4,8H2,1H3,(H,17,18). The summed E-state index contributed by atoms with van der Waals surface area (Å²) in [6.07, 6.45) is 6.02. The van der Waals surface area contributed by atoms with Gasteiger partial charge >= 0.3 is 0 Å². The monoisotopic (exact) mass is 280 g/mol. The SMILES string of the molecule is CSC1(CNc2ccnc3c(F)cc(F)cc23)CC1. The largest absolute Gasteiger partial charge is 0.383 e. The summed E-state index contributed by atoms with van der Waals surface area (Å²) in [5, 5.41) is 3.80. The fourth-order valence-corrected chi connectivity index (χ4v) is 2.91. The van der Waals surface area contributed by atoms with Crippen molar-refractivity contribution in [2.75, 3.05) is 18.1 Å². The molecular formula is C14H14F2N2S. The van der Waals surface area contributed by atoms with Gasteiger partial charge in [0, 0.05) is 34.6 Å². The number of nitrogens with zero attached hydrogens (tertiary/aromatic N) is 1. The highest BCUT2D eigenvalue weighted by atomic mass is 32.2. The number of halogens is 2. The van der Waals surface area contributed by atoms with E-state index in [1.807, 2.05) is 11.8 Å². The molecule has 100 valence electrons. The number of thioether (sulfide) groups is 1. The van der Waals surface area contributed by atoms with Gasteiger partial charge in [-0.05, 0) is 31.2 Å². The number of rotatable bonds is 4. The van der Waals surface area contributed by atoms with E-state index in [-0.39, 0.29) is 5.52 Å². The third kappa shape index (κ3) is 2.39. The Balaban J connectivity index is 1.95. The van der Waals surface area contributed by atoms with Crippen molar-refractivity contribution in [2.45, 2.75) is 17.6 Å². The van der Waals surface area contributed by atoms with Crippen LogP contribution in [-0.4, -0.2) is 22.5 Å². The Kier molecular flexibility index (Phi) is 3.09. The van der Waals surface area contributed by atoms with Gasteiger partial charge in [-0.3, -0.25) is 4.98 Å². The Labute approximate surface area is 114 Å². The number of aromatic nitrogens is 1. The van der Waals surface area contributed by atoms with Crippen molar-refractivity contribution in [1.29, 1.82) is 0 Å². The molecule has 0 atom stereocenters. The molecule has 1 saturated carbocycles. The molecular weight excluding hydrogens is 266 g/mol. The van der Waals surface area contributed by atoms with Crippen molar-refractivity contribution < 1.29 is 8.78 Å². The summed E-state index contributed by atoms with van der Waals surface area (Å²) in [6.45, 7) is 0.811. The zero-order valence-electron chi connectivity index (χ0n) is 10.5. The fourth-order valence-electron chi connectivity index (χ4n) is 2.18. The zero-order valence-corrected chi connectivity index (χ0v) is 11.4. The summed E-state index contributed by atoms with van der Waals surface area (Å²) in [7, 11) is 0. The minimum Gasteiger partial charge on any atom is -0.383 e. The number of fused-ring (bicyclic) bond motifs is 1. The summed E-state index contributed by atoms with van der Waals surface area (Å²) in [4.78, 5) is 3.98. The lowest BCUT2D eigenvalue weighted by Crippen LogP contribution is -2.17. The van der Waals surface area contributed by atoms with Crippen LogP contribution in [-0.2, 0) is 0 Å². The van der Waals surface area contributed by atoms with Crippen molar-refractivity contribution in [3.63, 3.8) is 0 Å². The van der Waals surface area contributed by atoms with Crippen LogP contribution >= 0.6 is 11.8 Å². The summed E-state index contributed by atoms with van der Waals surface area (Å²) < 4.78 is 27.3. The molecule has 1 aliphatic rings. The van der Waals surface area contributed by atoms with Gasteiger partial charge in [-0.15, -0.1) is 0 Å². The van der Waals surface area contributed by atoms with Crippen LogP contribution in [0.3, 0.4) is 0 Å². The van der Waals surface area contributed by atoms with Gasteiger partial charge in [0.1, 0.15) is 11.3 Å². The minimum absolute atomic E-state index is 0.209. The van der Waals surface area contributed by atoms with E-state index in [0.29, 0.717) is 10.1 Å². The average molecular weight is 280 g/mol. The summed E-state index contributed by atoms with van der Waals surface area (Å²) >= 11 is 1.84. The second kappa shape index (κ2) is 4.63. The maximum atomic E-state index is 13.6. The molecule has 5 heteroatoms. The number of anilines is 1. The van der Waals surface area contributed by atoms with Gasteiger partial charge in [0.25, 0.3) is 0 Å². The predicted octanol–water partition coefficient (Wildman–Crippen LogP) is 3.82. The van der Waals surface area contributed by atoms with Gasteiger partial charge < -0.3 is 5.32 Å². The Morgan fingerprint density at radius 2 is 2.16 bits per heavy atom. The Bertz CT molecular complexity index is 626. The molecule has 1 aromatic carbocycles. The molecule has 1 fully saturated rings. The predicted molar refractivity (Wildman–Crippen MR) is 75.6 cm³/mol. The molecule has 0 bridgehead atoms. The van der Waals surface area contributed by atoms with Crippen molar-refractivity contribution >= 4 is 28.4 Å². The second-order valence-corrected chi connectivity index (χ2v) is 6.16. The first-order chi connectivity index (χ1) is 9.13. The first kappa shape index (κ1) is 12.7. The van der Waals surface area contributed by atoms with E-state index in [0.717, 1.165) is 18.3 Å². The van der Waals surface area contributed by atoms with Gasteiger partial charge in [-0.1, -0.05) is 0 Å². The second-order valence-electron chi connectivity index (χ2n) is 4.88. The van der Waals surface area contributed by atoms with Crippen molar-refractivity contribution in [3.05, 3.63) is 36.0 Å². The van der Waals surface area contributed by atoms with Crippen LogP contribution in [0.2, 0.25) is 0 Å². The maximum absolute atomic E-state index is 13.6. The molecule has 2 nitrogen and oxygen atoms in total. The van der Waals surface area contributed by atoms with Gasteiger partial charge in [0.15, 0.2) is 5.82 Å². The van der Waals surface area contributed by atoms with Crippen LogP contribution in [0.25, 0.3) is 10.9 Å². The molecule has 0 radical (unpaired) electrons. The Hall–Kier alpha value is -1.36. The number of nitrogens with one attached hydrogen (secondary N) is 1. The van der Waals surface area contributed by atoms with Gasteiger partial charge in [0.2, 0.25) is 0 Å². The minimum atomic E-state index is -0.621. The fraction of sp³-hybridized carbons (Fsp3) is 0.357. The smallest absolute Gasteiger partial charge is 0.152 e. The number of hydrogen-bond donors (Lipinski definition) is 1. The average Bonchev–Trinajstić information content (AvgIpc) is 3.17. The molecule has 3 rings (SSSR count). The van der Waals surface area contributed by atoms with Gasteiger partial charge in [-0.2, -0.15) is 11.8 Å². The van der Waals surface area contributed by atoms with Crippen LogP contribution in [0, 0.1) is 11.6 Å². The zero-order chi connectivity index (χ0) is 13.5. The van der Waals surface area contributed by atoms with Gasteiger partial charge in [-0.25, -0.2) is 8.78 Å². The normalized spacial score (nSPS) is 16.6. The summed E-state index contributed by atoms with van der Waals surface area (Å²) in [6, 6.07) is 3.95. The van der Waals surface area contributed by atoms with E-state index in [9.17, 15) is 8.78 Å². The lowest BCUT2D eigenvalue weighted by molar-refractivity contribution is 0.590. The quantitative estimate of drug-likeness (QED) is 0.921. The highest BCUT2D eigenvalue weighted by Crippen LogP contribution is 2.47. The Morgan fingerprint density at radius 3 is 2.84 bits per heavy atom. The highest BCUT2D eigenvalue weighted by molar-refractivity contribution is 8.00. The summed E-state index contributed by atoms with van der Waals surface area (Å²) in [5.41, 5.74) is 0.948. The molecule has 0 unspecified atom stereocenters. The lowest BCUT2D eigenvalue weighted by Gasteiger charge is -2.15. The van der Waals surface area contributed by atoms with E-state index < -0.39 is 11.6 Å². The van der Waals surface area contributed by atoms with Crippen LogP contribution in [0.4, 0.5) is 14.5 Å². The molecule has 1 aliphatic carbocycles. The first-order valence-electron chi connectivity index (χ1n) is 6.16. The van der Waals surface area contributed by atoms with E-state index in [1.54, 1.807) is 12.3 Å². The third-order valence-electron chi connectivity index (χ3n) is 3.60. The van der Waals surface area contributed by atoms with Crippen LogP contribution < -0.4 is 5.32 Å². The highest BCUT2D eigenvalue weighted by Gasteiger charge is 2.41. The van der Waals surface area contributed by atoms with Crippen LogP contribution in [0.1, 0.15) is 12.8 Å². The van der Waals surface area contributed by atoms with E-state index in [4.69, 9.17) is 0 Å². The van der Waals surface area contributed by atoms with Crippen molar-refractivity contribution in [3.8, 4) is 0 Å². The van der Waals surface area contributed by atoms with E-state index in [1.165, 1.54) is 18.9 Å². The maximum Gasteiger partial charge on any atom is 0.152 e. The van der Waals surface area contributed by atoms with Crippen molar-refractivity contribution in [2.24, 2.45) is 0 Å². The summed E-state index contributed by atoms with van der Waals surface area (Å²) in [5.74, 6) is -1.20. The third-order valence-corrected chi connectivity index (χ3v) is 5.02. The number of hydrogen-bond acceptors (Lipinski definition) is 3. The van der Waals surface area contributed by atoms with Gasteiger partial charge in [0.05, 0.1) is 0 Å². The van der Waals surface area contributed by atoms with E-state index in [2.05, 4.69) is 16.6 Å². The molecule has 1 N–H and O–H groups in total. The molecule has 0 saturated heterocycles. The molecule has 1 aromatic heterocycles. The number of benzene rings is 1. The first-order valence-corrected chi connectivity index (χ1v) is 7.39. The van der Waals surface area contributed by atoms with Crippen LogP contribution in [0.5, 0.6) is 0 Å². The molecule has 2 aromatic rings. The molecule has 19 heavy (non-hydrogen) atoms. The lowest BCUT2D eigenvalue weighted by atomic mass is 10.1. The topological polar surface area (TPSA) is 24.9 Å². The molecule has 0 aliphatic heterocycles. The molecule has 0 spiro atoms. The molecule has 0 amide bonds. The van der Waals surface area contributed by atoms with E-state index >= 15 is 0 Å². The van der Waals surface area contributed by atoms with Crippen LogP contribution in [0.15, 0.2) is 24.4 Å². The Morgan fingerprint density at radius 1 is 1.37 bits per heavy atom. The molecule has 1 heterocycles. The number of pyridine rings is 1.